The molecule has 1 aromatic rings. The van der Waals surface area contributed by atoms with E-state index in [2.05, 4.69) is 9.97 Å². The SMILES string of the molecule is OCC(O)COc1cnc[nH]1. The van der Waals surface area contributed by atoms with Crippen LogP contribution >= 0.6 is 0 Å². The number of aliphatic hydroxyl groups excluding tert-OH is 2. The van der Waals surface area contributed by atoms with Crippen LogP contribution in [0, 0.1) is 0 Å². The molecule has 0 aliphatic heterocycles. The number of hydrogen-bond acceptors (Lipinski definition) is 4. The van der Waals surface area contributed by atoms with Crippen LogP contribution in [-0.2, 0) is 0 Å². The number of imidazole rings is 1. The molecule has 0 fully saturated rings. The van der Waals surface area contributed by atoms with Crippen molar-refractivity contribution in [1.82, 2.24) is 9.97 Å². The molecule has 11 heavy (non-hydrogen) atoms. The van der Waals surface area contributed by atoms with Crippen LogP contribution in [0.3, 0.4) is 0 Å². The molecule has 0 bridgehead atoms. The molecule has 1 heterocycles. The minimum absolute atomic E-state index is 0.0681. The van der Waals surface area contributed by atoms with Gasteiger partial charge in [0, 0.05) is 0 Å². The van der Waals surface area contributed by atoms with Crippen LogP contribution in [-0.4, -0.2) is 39.5 Å². The van der Waals surface area contributed by atoms with Gasteiger partial charge in [0.05, 0.1) is 19.1 Å². The summed E-state index contributed by atoms with van der Waals surface area (Å²) in [5, 5.41) is 17.3. The Morgan fingerprint density at radius 3 is 3.09 bits per heavy atom. The summed E-state index contributed by atoms with van der Waals surface area (Å²) in [6.45, 7) is -0.229. The second kappa shape index (κ2) is 3.95. The van der Waals surface area contributed by atoms with Gasteiger partial charge >= 0.3 is 0 Å². The summed E-state index contributed by atoms with van der Waals surface area (Å²) in [6, 6.07) is 0. The fraction of sp³-hybridized carbons (Fsp3) is 0.500. The lowest BCUT2D eigenvalue weighted by Gasteiger charge is -2.06. The lowest BCUT2D eigenvalue weighted by atomic mass is 10.4. The maximum absolute atomic E-state index is 8.85. The van der Waals surface area contributed by atoms with Crippen LogP contribution in [0.1, 0.15) is 0 Å². The van der Waals surface area contributed by atoms with Crippen molar-refractivity contribution in [2.45, 2.75) is 6.10 Å². The largest absolute Gasteiger partial charge is 0.475 e. The van der Waals surface area contributed by atoms with E-state index in [4.69, 9.17) is 14.9 Å². The first-order chi connectivity index (χ1) is 5.33. The molecule has 1 aromatic heterocycles. The second-order valence-electron chi connectivity index (χ2n) is 2.06. The van der Waals surface area contributed by atoms with Crippen molar-refractivity contribution in [1.29, 1.82) is 0 Å². The molecule has 0 saturated heterocycles. The number of ether oxygens (including phenoxy) is 1. The molecule has 1 atom stereocenters. The van der Waals surface area contributed by atoms with E-state index in [1.807, 2.05) is 0 Å². The van der Waals surface area contributed by atoms with E-state index >= 15 is 0 Å². The van der Waals surface area contributed by atoms with Crippen LogP contribution in [0.5, 0.6) is 5.88 Å². The summed E-state index contributed by atoms with van der Waals surface area (Å²) in [5.74, 6) is 0.484. The molecule has 0 saturated carbocycles. The van der Waals surface area contributed by atoms with E-state index < -0.39 is 6.10 Å². The Balaban J connectivity index is 2.23. The van der Waals surface area contributed by atoms with Gasteiger partial charge in [-0.15, -0.1) is 0 Å². The summed E-state index contributed by atoms with van der Waals surface area (Å²) in [6.07, 6.45) is 2.13. The Kier molecular flexibility index (Phi) is 2.88. The molecule has 0 radical (unpaired) electrons. The van der Waals surface area contributed by atoms with Crippen LogP contribution in [0.25, 0.3) is 0 Å². The average molecular weight is 158 g/mol. The highest BCUT2D eigenvalue weighted by Gasteiger charge is 2.02. The van der Waals surface area contributed by atoms with Gasteiger partial charge in [-0.05, 0) is 0 Å². The summed E-state index contributed by atoms with van der Waals surface area (Å²) in [5.41, 5.74) is 0. The lowest BCUT2D eigenvalue weighted by molar-refractivity contribution is 0.0522. The van der Waals surface area contributed by atoms with Gasteiger partial charge in [-0.1, -0.05) is 0 Å². The van der Waals surface area contributed by atoms with Gasteiger partial charge in [0.2, 0.25) is 5.88 Å². The standard InChI is InChI=1S/C6H10N2O3/c9-2-5(10)3-11-6-1-7-4-8-6/h1,4-5,9-10H,2-3H2,(H,7,8). The smallest absolute Gasteiger partial charge is 0.211 e. The van der Waals surface area contributed by atoms with Crippen molar-refractivity contribution in [2.75, 3.05) is 13.2 Å². The van der Waals surface area contributed by atoms with Crippen molar-refractivity contribution in [2.24, 2.45) is 0 Å². The monoisotopic (exact) mass is 158 g/mol. The summed E-state index contributed by atoms with van der Waals surface area (Å²) < 4.78 is 4.97. The highest BCUT2D eigenvalue weighted by atomic mass is 16.5. The fourth-order valence-corrected chi connectivity index (χ4v) is 0.561. The number of hydrogen-bond donors (Lipinski definition) is 3. The topological polar surface area (TPSA) is 78.4 Å². The van der Waals surface area contributed by atoms with Crippen molar-refractivity contribution in [3.63, 3.8) is 0 Å². The van der Waals surface area contributed by atoms with Gasteiger partial charge in [0.15, 0.2) is 0 Å². The highest BCUT2D eigenvalue weighted by molar-refractivity contribution is 5.00. The zero-order valence-corrected chi connectivity index (χ0v) is 5.90. The van der Waals surface area contributed by atoms with Gasteiger partial charge < -0.3 is 19.9 Å². The molecule has 62 valence electrons. The molecule has 1 unspecified atom stereocenters. The quantitative estimate of drug-likeness (QED) is 0.533. The van der Waals surface area contributed by atoms with Crippen LogP contribution in [0.2, 0.25) is 0 Å². The van der Waals surface area contributed by atoms with Gasteiger partial charge in [-0.25, -0.2) is 4.98 Å². The first-order valence-electron chi connectivity index (χ1n) is 3.23. The summed E-state index contributed by atoms with van der Waals surface area (Å²) in [4.78, 5) is 6.39. The third-order valence-electron chi connectivity index (χ3n) is 1.12. The fourth-order valence-electron chi connectivity index (χ4n) is 0.561. The molecule has 0 amide bonds. The number of aliphatic hydroxyl groups is 2. The van der Waals surface area contributed by atoms with E-state index in [-0.39, 0.29) is 13.2 Å². The van der Waals surface area contributed by atoms with Gasteiger partial charge in [-0.2, -0.15) is 0 Å². The molecule has 0 aromatic carbocycles. The molecule has 0 aliphatic rings. The predicted molar refractivity (Wildman–Crippen MR) is 37.2 cm³/mol. The van der Waals surface area contributed by atoms with Crippen molar-refractivity contribution >= 4 is 0 Å². The molecule has 0 spiro atoms. The lowest BCUT2D eigenvalue weighted by Crippen LogP contribution is -2.21. The Morgan fingerprint density at radius 2 is 2.55 bits per heavy atom. The molecular formula is C6H10N2O3. The van der Waals surface area contributed by atoms with E-state index in [0.717, 1.165) is 0 Å². The molecule has 1 rings (SSSR count). The average Bonchev–Trinajstić information content (AvgIpc) is 2.52. The first kappa shape index (κ1) is 8.03. The summed E-state index contributed by atoms with van der Waals surface area (Å²) >= 11 is 0. The maximum Gasteiger partial charge on any atom is 0.211 e. The van der Waals surface area contributed by atoms with Gasteiger partial charge in [0.1, 0.15) is 12.7 Å². The maximum atomic E-state index is 8.85. The highest BCUT2D eigenvalue weighted by Crippen LogP contribution is 2.01. The molecule has 5 heteroatoms. The third-order valence-corrected chi connectivity index (χ3v) is 1.12. The Hall–Kier alpha value is -1.07. The second-order valence-corrected chi connectivity index (χ2v) is 2.06. The number of rotatable bonds is 4. The Labute approximate surface area is 63.7 Å². The van der Waals surface area contributed by atoms with Crippen molar-refractivity contribution in [3.05, 3.63) is 12.5 Å². The predicted octanol–water partition coefficient (Wildman–Crippen LogP) is -0.858. The molecule has 5 nitrogen and oxygen atoms in total. The normalized spacial score (nSPS) is 12.9. The molecule has 0 aliphatic carbocycles. The van der Waals surface area contributed by atoms with E-state index in [0.29, 0.717) is 5.88 Å². The third kappa shape index (κ3) is 2.57. The zero-order valence-electron chi connectivity index (χ0n) is 5.90. The van der Waals surface area contributed by atoms with Crippen molar-refractivity contribution < 1.29 is 14.9 Å². The number of aromatic amines is 1. The van der Waals surface area contributed by atoms with Crippen LogP contribution in [0.15, 0.2) is 12.5 Å². The van der Waals surface area contributed by atoms with Crippen molar-refractivity contribution in [3.8, 4) is 5.88 Å². The van der Waals surface area contributed by atoms with Crippen LogP contribution in [0.4, 0.5) is 0 Å². The van der Waals surface area contributed by atoms with Gasteiger partial charge in [0.25, 0.3) is 0 Å². The van der Waals surface area contributed by atoms with Gasteiger partial charge in [-0.3, -0.25) is 0 Å². The van der Waals surface area contributed by atoms with E-state index in [9.17, 15) is 0 Å². The molecule has 3 N–H and O–H groups in total. The number of nitrogens with one attached hydrogen (secondary N) is 1. The Morgan fingerprint density at radius 1 is 1.73 bits per heavy atom. The van der Waals surface area contributed by atoms with E-state index in [1.165, 1.54) is 12.5 Å². The van der Waals surface area contributed by atoms with E-state index in [1.54, 1.807) is 0 Å². The minimum atomic E-state index is -0.835. The number of nitrogens with zero attached hydrogens (tertiary/aromatic N) is 1. The molecular weight excluding hydrogens is 148 g/mol. The Bertz CT molecular complexity index is 188. The number of aromatic nitrogens is 2. The summed E-state index contributed by atoms with van der Waals surface area (Å²) in [7, 11) is 0. The van der Waals surface area contributed by atoms with Crippen LogP contribution < -0.4 is 4.74 Å². The zero-order chi connectivity index (χ0) is 8.10. The first-order valence-corrected chi connectivity index (χ1v) is 3.23. The number of H-pyrrole nitrogens is 1. The minimum Gasteiger partial charge on any atom is -0.475 e.